The second-order valence-corrected chi connectivity index (χ2v) is 13.4. The zero-order chi connectivity index (χ0) is 29.3. The molecule has 0 spiro atoms. The maximum atomic E-state index is 13.6. The van der Waals surface area contributed by atoms with Gasteiger partial charge in [0.1, 0.15) is 5.82 Å². The van der Waals surface area contributed by atoms with E-state index in [4.69, 9.17) is 0 Å². The molecule has 4 aliphatic rings. The van der Waals surface area contributed by atoms with Gasteiger partial charge in [0.05, 0.1) is 11.6 Å². The normalized spacial score (nSPS) is 24.1. The van der Waals surface area contributed by atoms with Gasteiger partial charge in [-0.25, -0.2) is 4.39 Å². The Bertz CT molecular complexity index is 1600. The smallest absolute Gasteiger partial charge is 0.162 e. The number of nitriles is 1. The summed E-state index contributed by atoms with van der Waals surface area (Å²) in [4.78, 5) is 21.7. The van der Waals surface area contributed by atoms with Gasteiger partial charge in [-0.3, -0.25) is 14.6 Å². The molecular weight excluding hydrogens is 535 g/mol. The number of nitrogens with zero attached hydrogens (tertiary/aromatic N) is 3. The lowest BCUT2D eigenvalue weighted by Gasteiger charge is -2.34. The van der Waals surface area contributed by atoms with Crippen molar-refractivity contribution in [1.29, 1.82) is 5.26 Å². The molecule has 0 radical (unpaired) electrons. The van der Waals surface area contributed by atoms with E-state index in [1.165, 1.54) is 24.5 Å². The number of hydrogen-bond acceptors (Lipinski definition) is 4. The third kappa shape index (κ3) is 6.12. The number of halogens is 1. The van der Waals surface area contributed by atoms with Crippen LogP contribution in [0.2, 0.25) is 0 Å². The Labute approximate surface area is 254 Å². The molecule has 2 atom stereocenters. The molecule has 43 heavy (non-hydrogen) atoms. The van der Waals surface area contributed by atoms with Gasteiger partial charge >= 0.3 is 0 Å². The summed E-state index contributed by atoms with van der Waals surface area (Å²) in [6.45, 7) is 5.93. The summed E-state index contributed by atoms with van der Waals surface area (Å²) in [5.41, 5.74) is 6.75. The van der Waals surface area contributed by atoms with Crippen LogP contribution >= 0.6 is 0 Å². The van der Waals surface area contributed by atoms with E-state index < -0.39 is 0 Å². The van der Waals surface area contributed by atoms with E-state index in [-0.39, 0.29) is 11.7 Å². The van der Waals surface area contributed by atoms with Crippen LogP contribution < -0.4 is 0 Å². The number of likely N-dealkylation sites (tertiary alicyclic amines) is 2. The van der Waals surface area contributed by atoms with Gasteiger partial charge in [0.25, 0.3) is 0 Å². The number of nitrogens with one attached hydrogen (secondary N) is 1. The Balaban J connectivity index is 0.883. The maximum Gasteiger partial charge on any atom is 0.162 e. The second-order valence-electron chi connectivity index (χ2n) is 13.4. The van der Waals surface area contributed by atoms with Crippen molar-refractivity contribution in [2.45, 2.75) is 58.0 Å². The van der Waals surface area contributed by atoms with Gasteiger partial charge in [-0.05, 0) is 136 Å². The summed E-state index contributed by atoms with van der Waals surface area (Å²) in [6.07, 6.45) is 14.3. The number of hydrogen-bond donors (Lipinski definition) is 1. The summed E-state index contributed by atoms with van der Waals surface area (Å²) in [6, 6.07) is 15.1. The van der Waals surface area contributed by atoms with E-state index in [2.05, 4.69) is 39.2 Å². The van der Waals surface area contributed by atoms with Gasteiger partial charge in [-0.15, -0.1) is 0 Å². The molecule has 2 aromatic carbocycles. The third-order valence-electron chi connectivity index (χ3n) is 10.6. The molecule has 1 N–H and O–H groups in total. The Morgan fingerprint density at radius 2 is 1.72 bits per heavy atom. The summed E-state index contributed by atoms with van der Waals surface area (Å²) >= 11 is 0. The summed E-state index contributed by atoms with van der Waals surface area (Å²) in [7, 11) is 0. The van der Waals surface area contributed by atoms with Crippen LogP contribution in [0.25, 0.3) is 10.9 Å². The van der Waals surface area contributed by atoms with Gasteiger partial charge in [-0.2, -0.15) is 5.26 Å². The fourth-order valence-corrected chi connectivity index (χ4v) is 8.24. The van der Waals surface area contributed by atoms with Crippen LogP contribution in [0.4, 0.5) is 4.39 Å². The quantitative estimate of drug-likeness (QED) is 0.324. The minimum atomic E-state index is -0.163. The first-order valence-corrected chi connectivity index (χ1v) is 16.2. The van der Waals surface area contributed by atoms with E-state index in [1.807, 2.05) is 24.3 Å². The molecule has 2 unspecified atom stereocenters. The average molecular weight is 577 g/mol. The highest BCUT2D eigenvalue weighted by atomic mass is 19.1. The van der Waals surface area contributed by atoms with Gasteiger partial charge in [0.15, 0.2) is 5.78 Å². The predicted octanol–water partition coefficient (Wildman–Crippen LogP) is 7.15. The summed E-state index contributed by atoms with van der Waals surface area (Å²) < 4.78 is 13.6. The maximum absolute atomic E-state index is 13.6. The predicted molar refractivity (Wildman–Crippen MR) is 167 cm³/mol. The van der Waals surface area contributed by atoms with Crippen molar-refractivity contribution in [2.24, 2.45) is 23.7 Å². The molecular formula is C37H41FN4O. The molecule has 2 aliphatic heterocycles. The number of carbonyl (C=O) groups is 1. The van der Waals surface area contributed by atoms with Crippen molar-refractivity contribution < 1.29 is 9.18 Å². The van der Waals surface area contributed by atoms with Crippen molar-refractivity contribution in [3.05, 3.63) is 94.5 Å². The molecule has 2 saturated heterocycles. The second kappa shape index (κ2) is 12.2. The van der Waals surface area contributed by atoms with Gasteiger partial charge < -0.3 is 4.98 Å². The van der Waals surface area contributed by atoms with E-state index in [0.717, 1.165) is 93.4 Å². The number of benzene rings is 2. The van der Waals surface area contributed by atoms with E-state index in [1.54, 1.807) is 17.7 Å². The third-order valence-corrected chi connectivity index (χ3v) is 10.6. The van der Waals surface area contributed by atoms with Crippen LogP contribution in [0.3, 0.4) is 0 Å². The van der Waals surface area contributed by atoms with Crippen molar-refractivity contribution >= 4 is 16.7 Å². The number of Topliss-reactive ketones (excluding diaryl/α,β-unsaturated/α-hetero) is 1. The van der Waals surface area contributed by atoms with E-state index in [9.17, 15) is 14.4 Å². The van der Waals surface area contributed by atoms with Gasteiger partial charge in [0.2, 0.25) is 0 Å². The number of rotatable bonds is 7. The molecule has 0 amide bonds. The van der Waals surface area contributed by atoms with Crippen molar-refractivity contribution in [1.82, 2.24) is 14.8 Å². The monoisotopic (exact) mass is 576 g/mol. The molecule has 2 aliphatic carbocycles. The topological polar surface area (TPSA) is 63.1 Å². The van der Waals surface area contributed by atoms with Crippen LogP contribution in [-0.4, -0.2) is 46.7 Å². The minimum Gasteiger partial charge on any atom is -0.361 e. The van der Waals surface area contributed by atoms with Gasteiger partial charge in [-0.1, -0.05) is 29.9 Å². The highest BCUT2D eigenvalue weighted by molar-refractivity contribution is 6.00. The van der Waals surface area contributed by atoms with Crippen LogP contribution in [0.1, 0.15) is 61.6 Å². The van der Waals surface area contributed by atoms with Crippen LogP contribution in [0.5, 0.6) is 0 Å². The summed E-state index contributed by atoms with van der Waals surface area (Å²) in [5.74, 6) is 2.06. The first-order chi connectivity index (χ1) is 21.0. The Hall–Kier alpha value is -3.53. The number of aromatic amines is 1. The molecule has 6 heteroatoms. The van der Waals surface area contributed by atoms with Crippen LogP contribution in [0.15, 0.2) is 72.0 Å². The Kier molecular flexibility index (Phi) is 8.03. The number of carbonyl (C=O) groups excluding carboxylic acids is 1. The minimum absolute atomic E-state index is 0.163. The SMILES string of the molecule is N#Cc1ccc2[nH]cc(CN3CCC(C4=CC=C5C(=O)C(CC6CCN(Cc7cccc(F)c7)CC6)CC5C4)CC3)c2c1. The fourth-order valence-electron chi connectivity index (χ4n) is 8.24. The zero-order valence-electron chi connectivity index (χ0n) is 24.9. The molecule has 1 aromatic heterocycles. The number of fused-ring (bicyclic) bond motifs is 2. The summed E-state index contributed by atoms with van der Waals surface area (Å²) in [5, 5.41) is 10.5. The molecule has 7 rings (SSSR count). The van der Waals surface area contributed by atoms with Crippen molar-refractivity contribution in [3.8, 4) is 6.07 Å². The van der Waals surface area contributed by atoms with Crippen molar-refractivity contribution in [2.75, 3.05) is 26.2 Å². The Morgan fingerprint density at radius 3 is 2.51 bits per heavy atom. The lowest BCUT2D eigenvalue weighted by molar-refractivity contribution is -0.118. The number of ketones is 1. The highest BCUT2D eigenvalue weighted by Gasteiger charge is 2.40. The van der Waals surface area contributed by atoms with Crippen LogP contribution in [-0.2, 0) is 17.9 Å². The number of aromatic nitrogens is 1. The van der Waals surface area contributed by atoms with Crippen molar-refractivity contribution in [3.63, 3.8) is 0 Å². The molecule has 3 aromatic rings. The molecule has 0 bridgehead atoms. The molecule has 1 saturated carbocycles. The van der Waals surface area contributed by atoms with Crippen LogP contribution in [0, 0.1) is 40.8 Å². The lowest BCUT2D eigenvalue weighted by Crippen LogP contribution is -2.34. The molecule has 3 fully saturated rings. The van der Waals surface area contributed by atoms with Gasteiger partial charge in [0, 0.05) is 36.1 Å². The first-order valence-electron chi connectivity index (χ1n) is 16.2. The number of allylic oxidation sites excluding steroid dienone is 4. The zero-order valence-corrected chi connectivity index (χ0v) is 24.9. The first kappa shape index (κ1) is 28.3. The van der Waals surface area contributed by atoms with E-state index >= 15 is 0 Å². The molecule has 5 nitrogen and oxygen atoms in total. The highest BCUT2D eigenvalue weighted by Crippen LogP contribution is 2.45. The molecule has 3 heterocycles. The largest absolute Gasteiger partial charge is 0.361 e. The Morgan fingerprint density at radius 1 is 0.930 bits per heavy atom. The fraction of sp³-hybridized carbons (Fsp3) is 0.459. The average Bonchev–Trinajstić information content (AvgIpc) is 3.57. The number of H-pyrrole nitrogens is 1. The molecule has 222 valence electrons. The lowest BCUT2D eigenvalue weighted by atomic mass is 9.79. The van der Waals surface area contributed by atoms with E-state index in [0.29, 0.717) is 29.1 Å². The number of piperidine rings is 2. The standard InChI is InChI=1S/C37H41FN4O/c38-33-3-1-2-27(17-33)23-41-12-8-25(9-13-41)16-31-20-30-19-29(5-6-34(30)37(31)43)28-10-14-42(15-11-28)24-32-22-40-36-7-4-26(21-39)18-35(32)36/h1-7,17-18,22,25,28,30-31,40H,8-16,19-20,23-24H2.